The van der Waals surface area contributed by atoms with Gasteiger partial charge in [-0.3, -0.25) is 0 Å². The van der Waals surface area contributed by atoms with Crippen LogP contribution in [0.3, 0.4) is 0 Å². The molecule has 0 saturated heterocycles. The maximum atomic E-state index is 5.57. The molecule has 0 saturated carbocycles. The fraction of sp³-hybridized carbons (Fsp3) is 0.143. The maximum absolute atomic E-state index is 5.57. The van der Waals surface area contributed by atoms with Crippen LogP contribution in [0.15, 0.2) is 48.5 Å². The first-order chi connectivity index (χ1) is 17.4. The van der Waals surface area contributed by atoms with Gasteiger partial charge in [0.15, 0.2) is 20.2 Å². The van der Waals surface area contributed by atoms with Crippen LogP contribution >= 0.6 is 48.9 Å². The average Bonchev–Trinajstić information content (AvgIpc) is 2.93. The highest BCUT2D eigenvalue weighted by atomic mass is 32.1. The zero-order valence-corrected chi connectivity index (χ0v) is 23.2. The van der Waals surface area contributed by atoms with E-state index in [1.54, 1.807) is 28.4 Å². The predicted molar refractivity (Wildman–Crippen MR) is 162 cm³/mol. The zero-order valence-electron chi connectivity index (χ0n) is 19.9. The standard InChI is InChI=1S/C28H20O4S4/c1-29-25(33)17-9-5-13-15-7-11-19(27(35)31-3)24-20(28(36)32-4)12-8-16(22(15)24)14-6-10-18(26(34)30-2)23(17)21(13)14/h5-12H,1-4H3. The third-order valence-corrected chi connectivity index (χ3v) is 8.07. The summed E-state index contributed by atoms with van der Waals surface area (Å²) in [5.74, 6) is 0. The van der Waals surface area contributed by atoms with E-state index < -0.39 is 0 Å². The van der Waals surface area contributed by atoms with Crippen molar-refractivity contribution < 1.29 is 18.9 Å². The van der Waals surface area contributed by atoms with Gasteiger partial charge >= 0.3 is 0 Å². The monoisotopic (exact) mass is 548 g/mol. The summed E-state index contributed by atoms with van der Waals surface area (Å²) in [4.78, 5) is 0. The zero-order chi connectivity index (χ0) is 25.7. The summed E-state index contributed by atoms with van der Waals surface area (Å²) in [6, 6.07) is 16.2. The fourth-order valence-electron chi connectivity index (χ4n) is 5.01. The Morgan fingerprint density at radius 3 is 0.806 bits per heavy atom. The molecule has 0 radical (unpaired) electrons. The molecule has 0 bridgehead atoms. The van der Waals surface area contributed by atoms with E-state index in [1.165, 1.54) is 0 Å². The van der Waals surface area contributed by atoms with E-state index in [9.17, 15) is 0 Å². The van der Waals surface area contributed by atoms with Gasteiger partial charge in [-0.25, -0.2) is 0 Å². The van der Waals surface area contributed by atoms with Crippen LogP contribution in [0.1, 0.15) is 22.3 Å². The van der Waals surface area contributed by atoms with Gasteiger partial charge in [0.25, 0.3) is 0 Å². The Morgan fingerprint density at radius 1 is 0.389 bits per heavy atom. The van der Waals surface area contributed by atoms with E-state index in [0.29, 0.717) is 20.2 Å². The number of benzene rings is 5. The van der Waals surface area contributed by atoms with Crippen LogP contribution in [0.5, 0.6) is 0 Å². The van der Waals surface area contributed by atoms with Gasteiger partial charge in [0.1, 0.15) is 0 Å². The average molecular weight is 549 g/mol. The molecular formula is C28H20O4S4. The van der Waals surface area contributed by atoms with E-state index in [-0.39, 0.29) is 0 Å². The summed E-state index contributed by atoms with van der Waals surface area (Å²) in [5, 5.41) is 9.55. The topological polar surface area (TPSA) is 36.9 Å². The van der Waals surface area contributed by atoms with Gasteiger partial charge in [-0.15, -0.1) is 0 Å². The molecule has 5 aromatic carbocycles. The number of fused-ring (bicyclic) bond motifs is 2. The van der Waals surface area contributed by atoms with Crippen LogP contribution in [0.25, 0.3) is 43.1 Å². The van der Waals surface area contributed by atoms with Crippen molar-refractivity contribution in [1.82, 2.24) is 0 Å². The minimum Gasteiger partial charge on any atom is -0.486 e. The Balaban J connectivity index is 2.09. The lowest BCUT2D eigenvalue weighted by Gasteiger charge is -2.21. The Bertz CT molecular complexity index is 1510. The third kappa shape index (κ3) is 3.51. The van der Waals surface area contributed by atoms with Gasteiger partial charge in [0.05, 0.1) is 28.4 Å². The summed E-state index contributed by atoms with van der Waals surface area (Å²) in [6.45, 7) is 0. The predicted octanol–water partition coefficient (Wildman–Crippen LogP) is 7.02. The van der Waals surface area contributed by atoms with Gasteiger partial charge in [0.2, 0.25) is 0 Å². The lowest BCUT2D eigenvalue weighted by atomic mass is 9.84. The van der Waals surface area contributed by atoms with Crippen molar-refractivity contribution in [2.24, 2.45) is 0 Å². The molecule has 0 atom stereocenters. The van der Waals surface area contributed by atoms with Crippen LogP contribution in [0.2, 0.25) is 0 Å². The van der Waals surface area contributed by atoms with Crippen molar-refractivity contribution in [3.63, 3.8) is 0 Å². The lowest BCUT2D eigenvalue weighted by Crippen LogP contribution is -2.09. The van der Waals surface area contributed by atoms with Crippen LogP contribution in [-0.2, 0) is 18.9 Å². The van der Waals surface area contributed by atoms with E-state index in [4.69, 9.17) is 67.8 Å². The van der Waals surface area contributed by atoms with E-state index in [0.717, 1.165) is 65.3 Å². The molecular weight excluding hydrogens is 529 g/mol. The van der Waals surface area contributed by atoms with Gasteiger partial charge in [-0.05, 0) is 105 Å². The minimum atomic E-state index is 0.386. The molecule has 180 valence electrons. The lowest BCUT2D eigenvalue weighted by molar-refractivity contribution is 0.415. The molecule has 0 aliphatic rings. The summed E-state index contributed by atoms with van der Waals surface area (Å²) < 4.78 is 21.9. The molecule has 8 heteroatoms. The van der Waals surface area contributed by atoms with Crippen molar-refractivity contribution in [2.45, 2.75) is 0 Å². The van der Waals surface area contributed by atoms with Crippen LogP contribution in [0, 0.1) is 0 Å². The number of rotatable bonds is 4. The molecule has 0 heterocycles. The van der Waals surface area contributed by atoms with E-state index in [1.807, 2.05) is 24.3 Å². The molecule has 0 aliphatic heterocycles. The summed E-state index contributed by atoms with van der Waals surface area (Å²) in [7, 11) is 6.29. The highest BCUT2D eigenvalue weighted by molar-refractivity contribution is 7.81. The van der Waals surface area contributed by atoms with Crippen molar-refractivity contribution in [1.29, 1.82) is 0 Å². The van der Waals surface area contributed by atoms with Gasteiger partial charge in [-0.2, -0.15) is 0 Å². The number of methoxy groups -OCH3 is 4. The SMILES string of the molecule is COC(=S)c1ccc2c3ccc(C(=S)OC)c4c(C(=S)OC)ccc(c5ccc(C(=S)OC)c1c25)c43. The first-order valence-electron chi connectivity index (χ1n) is 10.9. The molecule has 0 amide bonds. The normalized spacial score (nSPS) is 11.2. The van der Waals surface area contributed by atoms with Crippen molar-refractivity contribution in [3.8, 4) is 0 Å². The van der Waals surface area contributed by atoms with Crippen molar-refractivity contribution in [2.75, 3.05) is 28.4 Å². The Kier molecular flexibility index (Phi) is 6.46. The summed E-state index contributed by atoms with van der Waals surface area (Å²) in [6.07, 6.45) is 0. The third-order valence-electron chi connectivity index (χ3n) is 6.52. The van der Waals surface area contributed by atoms with Crippen molar-refractivity contribution >= 4 is 112 Å². The molecule has 0 N–H and O–H groups in total. The molecule has 0 aromatic heterocycles. The molecule has 36 heavy (non-hydrogen) atoms. The largest absolute Gasteiger partial charge is 0.486 e. The first-order valence-corrected chi connectivity index (χ1v) is 12.5. The smallest absolute Gasteiger partial charge is 0.191 e. The van der Waals surface area contributed by atoms with Gasteiger partial charge < -0.3 is 18.9 Å². The summed E-state index contributed by atoms with van der Waals surface area (Å²) in [5.41, 5.74) is 3.15. The molecule has 0 aliphatic carbocycles. The van der Waals surface area contributed by atoms with E-state index >= 15 is 0 Å². The molecule has 5 aromatic rings. The van der Waals surface area contributed by atoms with Crippen LogP contribution < -0.4 is 0 Å². The Hall–Kier alpha value is -3.04. The maximum Gasteiger partial charge on any atom is 0.191 e. The molecule has 0 unspecified atom stereocenters. The quantitative estimate of drug-likeness (QED) is 0.135. The highest BCUT2D eigenvalue weighted by Gasteiger charge is 2.24. The summed E-state index contributed by atoms with van der Waals surface area (Å²) >= 11 is 22.3. The first kappa shape index (κ1) is 24.6. The number of thiocarbonyl (C=S) groups is 4. The molecule has 4 nitrogen and oxygen atoms in total. The van der Waals surface area contributed by atoms with E-state index in [2.05, 4.69) is 24.3 Å². The van der Waals surface area contributed by atoms with Crippen molar-refractivity contribution in [3.05, 3.63) is 70.8 Å². The number of hydrogen-bond donors (Lipinski definition) is 0. The second-order valence-corrected chi connectivity index (χ2v) is 9.59. The second-order valence-electron chi connectivity index (χ2n) is 8.11. The Labute approximate surface area is 229 Å². The van der Waals surface area contributed by atoms with Crippen LogP contribution in [0.4, 0.5) is 0 Å². The molecule has 0 fully saturated rings. The fourth-order valence-corrected chi connectivity index (χ4v) is 5.69. The molecule has 0 spiro atoms. The van der Waals surface area contributed by atoms with Gasteiger partial charge in [0, 0.05) is 33.0 Å². The Morgan fingerprint density at radius 2 is 0.611 bits per heavy atom. The highest BCUT2D eigenvalue weighted by Crippen LogP contribution is 2.44. The number of ether oxygens (including phenoxy) is 4. The van der Waals surface area contributed by atoms with Gasteiger partial charge in [-0.1, -0.05) is 24.3 Å². The molecule has 5 rings (SSSR count). The second kappa shape index (κ2) is 9.44. The minimum absolute atomic E-state index is 0.386. The number of hydrogen-bond acceptors (Lipinski definition) is 8. The van der Waals surface area contributed by atoms with Crippen LogP contribution in [-0.4, -0.2) is 48.6 Å².